The first-order chi connectivity index (χ1) is 51.1. The number of rotatable bonds is 27. The fourth-order valence-corrected chi connectivity index (χ4v) is 14.4. The lowest BCUT2D eigenvalue weighted by Crippen LogP contribution is -2.61. The van der Waals surface area contributed by atoms with Crippen LogP contribution < -0.4 is 63.1 Å². The normalized spacial score (nSPS) is 18.6. The molecule has 2 aliphatic heterocycles. The Balaban J connectivity index is 0.000000252. The number of hydrogen-bond donors (Lipinski definition) is 10. The van der Waals surface area contributed by atoms with Crippen LogP contribution in [0, 0.1) is 16.7 Å². The molecule has 4 aliphatic rings. The number of ether oxygens (including phenoxy) is 2. The second-order valence-corrected chi connectivity index (χ2v) is 35.3. The largest absolute Gasteiger partial charge is 0.471 e. The standard InChI is InChI=1S/C41H57N9O6S.C36H51N9O6S/c1-22(2)42-30-14-10-13-27(44-30)34-45-26-17-18-57-32(26)37(48-34)56-25-20-29(50(21-25)38(54)33(40(3,4)5)47-39(55)49-41(6,7)8)35(52)46-28(19-23-11-9-12-23)31(51)36(53)43-24-15-16-24;1-10-12-21(26(46)29(37)47)41-31(48)24-17-20(18-45(24)33(49)28(35(4,5)6)42-34(50)44-36(7,8)9)51-32-27-22(15-16-52-27)40-30(43-32)23-13-11-14-25(39-23)38-19(2)3/h10,13-14,17-18,22-25,28-29,33H,9,11-12,15-16,19-21H2,1-8H3,(H,42,44)(H,43,53)(H,46,52)(H2,47,49,55);11,13-16,19-21,24,28H,10,12,17-18H2,1-9H3,(H2,37,47)(H,38,39)(H,41,48)(H2,42,44,50)/t25-,28+,29+,33-;20-,21+,24+,28-/m11/s1. The summed E-state index contributed by atoms with van der Waals surface area (Å²) in [5, 5.41) is 30.0. The molecule has 11 N–H and O–H groups in total. The first kappa shape index (κ1) is 83.3. The average Bonchev–Trinajstić information content (AvgIpc) is 1.67. The van der Waals surface area contributed by atoms with Gasteiger partial charge in [0.25, 0.3) is 11.8 Å². The van der Waals surface area contributed by atoms with Crippen LogP contribution in [0.1, 0.15) is 182 Å². The van der Waals surface area contributed by atoms with Gasteiger partial charge in [0.15, 0.2) is 11.6 Å². The second-order valence-electron chi connectivity index (χ2n) is 33.4. The number of likely N-dealkylation sites (tertiary alicyclic amines) is 2. The Kier molecular flexibility index (Phi) is 26.7. The smallest absolute Gasteiger partial charge is 0.315 e. The fourth-order valence-electron chi connectivity index (χ4n) is 12.8. The number of amides is 10. The molecule has 0 radical (unpaired) electrons. The van der Waals surface area contributed by atoms with Gasteiger partial charge in [-0.05, 0) is 159 Å². The van der Waals surface area contributed by atoms with E-state index in [1.165, 1.54) is 32.5 Å². The van der Waals surface area contributed by atoms with Gasteiger partial charge in [0.05, 0.1) is 36.2 Å². The zero-order valence-corrected chi connectivity index (χ0v) is 67.2. The lowest BCUT2D eigenvalue weighted by molar-refractivity contribution is -0.144. The van der Waals surface area contributed by atoms with Crippen LogP contribution in [-0.2, 0) is 38.4 Å². The number of carbonyl (C=O) groups is 10. The van der Waals surface area contributed by atoms with Gasteiger partial charge < -0.3 is 72.9 Å². The Bertz CT molecular complexity index is 4320. The number of primary amides is 1. The maximum Gasteiger partial charge on any atom is 0.315 e. The number of carbonyl (C=O) groups excluding carboxylic acids is 10. The Hall–Kier alpha value is -9.72. The minimum Gasteiger partial charge on any atom is -0.471 e. The Morgan fingerprint density at radius 2 is 0.982 bits per heavy atom. The van der Waals surface area contributed by atoms with E-state index in [0.717, 1.165) is 32.1 Å². The summed E-state index contributed by atoms with van der Waals surface area (Å²) >= 11 is 2.80. The molecule has 8 atom stereocenters. The number of hydrogen-bond acceptors (Lipinski definition) is 22. The average molecular weight is 1540 g/mol. The molecule has 0 spiro atoms. The molecule has 4 fully saturated rings. The van der Waals surface area contributed by atoms with E-state index in [2.05, 4.69) is 52.8 Å². The topological polar surface area (TPSA) is 407 Å². The van der Waals surface area contributed by atoms with Gasteiger partial charge in [-0.3, -0.25) is 38.4 Å². The van der Waals surface area contributed by atoms with Gasteiger partial charge in [-0.2, -0.15) is 9.97 Å². The van der Waals surface area contributed by atoms with E-state index in [-0.39, 0.29) is 68.2 Å². The molecule has 590 valence electrons. The Morgan fingerprint density at radius 1 is 0.550 bits per heavy atom. The number of anilines is 2. The third-order valence-corrected chi connectivity index (χ3v) is 20.2. The summed E-state index contributed by atoms with van der Waals surface area (Å²) in [5.74, 6) is -2.91. The molecule has 8 heterocycles. The number of urea groups is 2. The summed E-state index contributed by atoms with van der Waals surface area (Å²) in [7, 11) is 0. The highest BCUT2D eigenvalue weighted by Gasteiger charge is 2.50. The molecule has 10 rings (SSSR count). The molecule has 32 heteroatoms. The third kappa shape index (κ3) is 22.7. The van der Waals surface area contributed by atoms with Crippen LogP contribution in [0.15, 0.2) is 59.3 Å². The number of fused-ring (bicyclic) bond motifs is 2. The second kappa shape index (κ2) is 34.9. The first-order valence-electron chi connectivity index (χ1n) is 37.5. The number of nitrogens with zero attached hydrogens (tertiary/aromatic N) is 8. The van der Waals surface area contributed by atoms with Crippen molar-refractivity contribution >= 4 is 114 Å². The number of nitrogens with one attached hydrogen (secondary N) is 9. The van der Waals surface area contributed by atoms with Crippen LogP contribution in [-0.4, -0.2) is 190 Å². The van der Waals surface area contributed by atoms with Crippen LogP contribution >= 0.6 is 22.7 Å². The highest BCUT2D eigenvalue weighted by Crippen LogP contribution is 2.38. The lowest BCUT2D eigenvalue weighted by atomic mass is 9.80. The molecule has 0 aromatic carbocycles. The molecule has 6 aromatic heterocycles. The van der Waals surface area contributed by atoms with E-state index < -0.39 is 129 Å². The molecule has 0 unspecified atom stereocenters. The van der Waals surface area contributed by atoms with Crippen LogP contribution in [0.2, 0.25) is 0 Å². The van der Waals surface area contributed by atoms with Crippen molar-refractivity contribution in [3.05, 3.63) is 59.3 Å². The van der Waals surface area contributed by atoms with Gasteiger partial charge in [0, 0.05) is 42.0 Å². The monoisotopic (exact) mass is 1540 g/mol. The van der Waals surface area contributed by atoms with Crippen LogP contribution in [0.25, 0.3) is 43.5 Å². The summed E-state index contributed by atoms with van der Waals surface area (Å²) in [4.78, 5) is 166. The Morgan fingerprint density at radius 3 is 1.35 bits per heavy atom. The highest BCUT2D eigenvalue weighted by molar-refractivity contribution is 7.17. The van der Waals surface area contributed by atoms with Crippen molar-refractivity contribution in [3.8, 4) is 34.8 Å². The predicted octanol–water partition coefficient (Wildman–Crippen LogP) is 8.73. The highest BCUT2D eigenvalue weighted by atomic mass is 32.1. The van der Waals surface area contributed by atoms with E-state index in [1.54, 1.807) is 13.0 Å². The van der Waals surface area contributed by atoms with Crippen molar-refractivity contribution in [3.63, 3.8) is 0 Å². The summed E-state index contributed by atoms with van der Waals surface area (Å²) in [6.07, 6.45) is 4.16. The summed E-state index contributed by atoms with van der Waals surface area (Å²) in [5.41, 5.74) is 4.99. The van der Waals surface area contributed by atoms with Crippen molar-refractivity contribution in [1.29, 1.82) is 0 Å². The van der Waals surface area contributed by atoms with Gasteiger partial charge in [-0.25, -0.2) is 29.5 Å². The molecule has 30 nitrogen and oxygen atoms in total. The SMILES string of the molecule is CC(C)Nc1cccc(-c2nc(O[C@@H]3C[C@@H](C(=O)N[C@@H](CC4CCC4)C(=O)C(=O)NC4CC4)N(C(=O)[C@@H](NC(=O)NC(C)(C)C)C(C)(C)C)C3)c3sccc3n2)n1.CCC[C@H](NC(=O)[C@@H]1C[C@@H](Oc2nc(-c3cccc(NC(C)C)n3)nc3ccsc23)CN1C(=O)[C@@H](NC(=O)NC(C)(C)C)C(C)(C)C)C(=O)C(N)=O. The minimum absolute atomic E-state index is 0.00623. The quantitative estimate of drug-likeness (QED) is 0.0215. The number of pyridine rings is 2. The van der Waals surface area contributed by atoms with E-state index in [1.807, 2.05) is 164 Å². The van der Waals surface area contributed by atoms with E-state index in [9.17, 15) is 47.9 Å². The zero-order valence-electron chi connectivity index (χ0n) is 65.6. The van der Waals surface area contributed by atoms with Crippen LogP contribution in [0.5, 0.6) is 11.8 Å². The molecule has 10 amide bonds. The van der Waals surface area contributed by atoms with E-state index in [0.29, 0.717) is 67.9 Å². The van der Waals surface area contributed by atoms with Crippen molar-refractivity contribution in [2.45, 2.75) is 260 Å². The first-order valence-corrected chi connectivity index (χ1v) is 39.3. The van der Waals surface area contributed by atoms with Crippen molar-refractivity contribution in [1.82, 2.24) is 76.9 Å². The molecule has 2 saturated carbocycles. The van der Waals surface area contributed by atoms with Gasteiger partial charge >= 0.3 is 12.1 Å². The van der Waals surface area contributed by atoms with E-state index >= 15 is 0 Å². The summed E-state index contributed by atoms with van der Waals surface area (Å²) in [6.45, 7) is 31.8. The summed E-state index contributed by atoms with van der Waals surface area (Å²) < 4.78 is 14.5. The van der Waals surface area contributed by atoms with Crippen molar-refractivity contribution < 1.29 is 57.4 Å². The van der Waals surface area contributed by atoms with Gasteiger partial charge in [0.2, 0.25) is 47.0 Å². The van der Waals surface area contributed by atoms with E-state index in [4.69, 9.17) is 40.1 Å². The van der Waals surface area contributed by atoms with Gasteiger partial charge in [-0.1, -0.05) is 86.3 Å². The predicted molar refractivity (Wildman–Crippen MR) is 418 cm³/mol. The maximum atomic E-state index is 14.7. The number of ketones is 2. The zero-order chi connectivity index (χ0) is 79.8. The molecule has 2 saturated heterocycles. The molecule has 2 aliphatic carbocycles. The van der Waals surface area contributed by atoms with Gasteiger partial charge in [-0.15, -0.1) is 22.7 Å². The van der Waals surface area contributed by atoms with Crippen molar-refractivity contribution in [2.24, 2.45) is 22.5 Å². The number of nitrogens with two attached hydrogens (primary N) is 1. The number of aromatic nitrogens is 6. The summed E-state index contributed by atoms with van der Waals surface area (Å²) in [6, 6.07) is 7.55. The molecule has 109 heavy (non-hydrogen) atoms. The van der Waals surface area contributed by atoms with Crippen LogP contribution in [0.3, 0.4) is 0 Å². The number of Topliss-reactive ketones (excluding diaryl/α,β-unsaturated/α-hetero) is 2. The van der Waals surface area contributed by atoms with Crippen molar-refractivity contribution in [2.75, 3.05) is 23.7 Å². The Labute approximate surface area is 644 Å². The third-order valence-electron chi connectivity index (χ3n) is 18.4. The molecular weight excluding hydrogens is 1430 g/mol. The molecule has 0 bridgehead atoms. The van der Waals surface area contributed by atoms with Gasteiger partial charge in [0.1, 0.15) is 68.8 Å². The van der Waals surface area contributed by atoms with Crippen LogP contribution in [0.4, 0.5) is 21.2 Å². The fraction of sp³-hybridized carbons (Fsp3) is 0.584. The lowest BCUT2D eigenvalue weighted by Gasteiger charge is -2.36. The maximum absolute atomic E-state index is 14.7. The minimum atomic E-state index is -1.17. The molecule has 6 aromatic rings. The molecular formula is C77H108N18O12S2. The number of thiophene rings is 2.